The molecule has 138 valence electrons. The van der Waals surface area contributed by atoms with Crippen molar-refractivity contribution < 1.29 is 13.2 Å². The fourth-order valence-corrected chi connectivity index (χ4v) is 5.72. The zero-order valence-corrected chi connectivity index (χ0v) is 16.2. The van der Waals surface area contributed by atoms with Crippen LogP contribution in [0.5, 0.6) is 0 Å². The molecule has 1 atom stereocenters. The van der Waals surface area contributed by atoms with Gasteiger partial charge in [0.05, 0.1) is 16.4 Å². The van der Waals surface area contributed by atoms with Gasteiger partial charge in [0.25, 0.3) is 0 Å². The monoisotopic (exact) mass is 389 g/mol. The van der Waals surface area contributed by atoms with E-state index < -0.39 is 9.84 Å². The van der Waals surface area contributed by atoms with Gasteiger partial charge in [-0.1, -0.05) is 48.5 Å². The first kappa shape index (κ1) is 19.0. The number of thioether (sulfide) groups is 1. The van der Waals surface area contributed by atoms with Crippen molar-refractivity contribution in [2.45, 2.75) is 29.5 Å². The summed E-state index contributed by atoms with van der Waals surface area (Å²) in [6, 6.07) is 18.3. The Morgan fingerprint density at radius 3 is 2.38 bits per heavy atom. The maximum Gasteiger partial charge on any atom is 0.232 e. The first-order valence-electron chi connectivity index (χ1n) is 8.75. The minimum Gasteiger partial charge on any atom is -0.338 e. The summed E-state index contributed by atoms with van der Waals surface area (Å²) < 4.78 is 25.2. The fraction of sp³-hybridized carbons (Fsp3) is 0.350. The molecule has 0 N–H and O–H groups in total. The number of nitrogens with zero attached hydrogens (tertiary/aromatic N) is 1. The van der Waals surface area contributed by atoms with Gasteiger partial charge >= 0.3 is 0 Å². The van der Waals surface area contributed by atoms with Crippen LogP contribution in [0.15, 0.2) is 65.6 Å². The van der Waals surface area contributed by atoms with Crippen LogP contribution in [-0.4, -0.2) is 43.3 Å². The van der Waals surface area contributed by atoms with Crippen molar-refractivity contribution in [2.75, 3.05) is 18.1 Å². The SMILES string of the molecule is O=C(CSCc1ccccc1)N1CCC[C@H]1CS(=O)(=O)c1ccccc1. The zero-order valence-electron chi connectivity index (χ0n) is 14.6. The van der Waals surface area contributed by atoms with Gasteiger partial charge in [-0.15, -0.1) is 11.8 Å². The Kier molecular flexibility index (Phi) is 6.38. The minimum atomic E-state index is -3.37. The molecule has 1 fully saturated rings. The highest BCUT2D eigenvalue weighted by molar-refractivity contribution is 7.99. The molecule has 1 amide bonds. The summed E-state index contributed by atoms with van der Waals surface area (Å²) in [4.78, 5) is 14.7. The van der Waals surface area contributed by atoms with Crippen molar-refractivity contribution in [1.82, 2.24) is 4.90 Å². The van der Waals surface area contributed by atoms with Crippen LogP contribution in [0.4, 0.5) is 0 Å². The van der Waals surface area contributed by atoms with Gasteiger partial charge < -0.3 is 4.90 Å². The molecule has 1 heterocycles. The number of carbonyl (C=O) groups is 1. The van der Waals surface area contributed by atoms with Gasteiger partial charge in [0.1, 0.15) is 0 Å². The highest BCUT2D eigenvalue weighted by Crippen LogP contribution is 2.23. The standard InChI is InChI=1S/C20H23NO3S2/c22-20(15-25-14-17-8-3-1-4-9-17)21-13-7-10-18(21)16-26(23,24)19-11-5-2-6-12-19/h1-6,8-9,11-12,18H,7,10,13-16H2/t18-/m0/s1. The summed E-state index contributed by atoms with van der Waals surface area (Å²) in [7, 11) is -3.37. The molecule has 6 heteroatoms. The van der Waals surface area contributed by atoms with Crippen molar-refractivity contribution >= 4 is 27.5 Å². The second kappa shape index (κ2) is 8.73. The first-order valence-corrected chi connectivity index (χ1v) is 11.6. The third-order valence-electron chi connectivity index (χ3n) is 4.55. The van der Waals surface area contributed by atoms with Crippen LogP contribution in [0.2, 0.25) is 0 Å². The molecule has 0 spiro atoms. The largest absolute Gasteiger partial charge is 0.338 e. The molecule has 4 nitrogen and oxygen atoms in total. The van der Waals surface area contributed by atoms with Crippen molar-refractivity contribution in [3.8, 4) is 0 Å². The van der Waals surface area contributed by atoms with Gasteiger partial charge in [-0.2, -0.15) is 0 Å². The van der Waals surface area contributed by atoms with Gasteiger partial charge in [-0.05, 0) is 30.5 Å². The molecule has 26 heavy (non-hydrogen) atoms. The Bertz CT molecular complexity index is 823. The summed E-state index contributed by atoms with van der Waals surface area (Å²) in [5.41, 5.74) is 1.19. The molecule has 0 saturated carbocycles. The number of hydrogen-bond acceptors (Lipinski definition) is 4. The Morgan fingerprint density at radius 2 is 1.69 bits per heavy atom. The number of hydrogen-bond donors (Lipinski definition) is 0. The first-order chi connectivity index (χ1) is 12.6. The molecule has 1 aliphatic rings. The Labute approximate surface area is 159 Å². The number of benzene rings is 2. The smallest absolute Gasteiger partial charge is 0.232 e. The summed E-state index contributed by atoms with van der Waals surface area (Å²) >= 11 is 1.58. The number of carbonyl (C=O) groups excluding carboxylic acids is 1. The Morgan fingerprint density at radius 1 is 1.04 bits per heavy atom. The van der Waals surface area contributed by atoms with Gasteiger partial charge in [0.2, 0.25) is 5.91 Å². The molecular formula is C20H23NO3S2. The number of rotatable bonds is 7. The summed E-state index contributed by atoms with van der Waals surface area (Å²) in [6.07, 6.45) is 1.62. The van der Waals surface area contributed by atoms with Gasteiger partial charge in [-0.3, -0.25) is 4.79 Å². The van der Waals surface area contributed by atoms with Gasteiger partial charge in [-0.25, -0.2) is 8.42 Å². The molecule has 1 aliphatic heterocycles. The second-order valence-corrected chi connectivity index (χ2v) is 9.48. The van der Waals surface area contributed by atoms with Crippen LogP contribution in [0, 0.1) is 0 Å². The van der Waals surface area contributed by atoms with Crippen molar-refractivity contribution in [3.05, 3.63) is 66.2 Å². The van der Waals surface area contributed by atoms with Crippen molar-refractivity contribution in [2.24, 2.45) is 0 Å². The van der Waals surface area contributed by atoms with Gasteiger partial charge in [0.15, 0.2) is 9.84 Å². The highest BCUT2D eigenvalue weighted by Gasteiger charge is 2.32. The topological polar surface area (TPSA) is 54.5 Å². The number of likely N-dealkylation sites (tertiary alicyclic amines) is 1. The van der Waals surface area contributed by atoms with Crippen LogP contribution >= 0.6 is 11.8 Å². The Balaban J connectivity index is 1.56. The maximum absolute atomic E-state index is 12.6. The average Bonchev–Trinajstić information content (AvgIpc) is 3.11. The third-order valence-corrected chi connectivity index (χ3v) is 7.35. The lowest BCUT2D eigenvalue weighted by atomic mass is 10.2. The molecule has 0 aliphatic carbocycles. The quantitative estimate of drug-likeness (QED) is 0.728. The van der Waals surface area contributed by atoms with E-state index in [1.165, 1.54) is 5.56 Å². The van der Waals surface area contributed by atoms with Crippen LogP contribution < -0.4 is 0 Å². The Hall–Kier alpha value is -1.79. The lowest BCUT2D eigenvalue weighted by molar-refractivity contribution is -0.128. The molecular weight excluding hydrogens is 366 g/mol. The molecule has 3 rings (SSSR count). The van der Waals surface area contributed by atoms with E-state index in [1.807, 2.05) is 30.3 Å². The predicted octanol–water partition coefficient (Wildman–Crippen LogP) is 3.38. The molecule has 2 aromatic rings. The van der Waals surface area contributed by atoms with Crippen molar-refractivity contribution in [1.29, 1.82) is 0 Å². The van der Waals surface area contributed by atoms with E-state index in [0.717, 1.165) is 18.6 Å². The summed E-state index contributed by atoms with van der Waals surface area (Å²) in [5, 5.41) is 0. The lowest BCUT2D eigenvalue weighted by Gasteiger charge is -2.24. The van der Waals surface area contributed by atoms with Crippen molar-refractivity contribution in [3.63, 3.8) is 0 Å². The molecule has 1 saturated heterocycles. The van der Waals surface area contributed by atoms with Gasteiger partial charge in [0, 0.05) is 18.3 Å². The van der Waals surface area contributed by atoms with E-state index in [-0.39, 0.29) is 17.7 Å². The zero-order chi connectivity index (χ0) is 18.4. The maximum atomic E-state index is 12.6. The average molecular weight is 390 g/mol. The van der Waals surface area contributed by atoms with E-state index in [1.54, 1.807) is 47.0 Å². The number of amides is 1. The summed E-state index contributed by atoms with van der Waals surface area (Å²) in [6.45, 7) is 0.652. The predicted molar refractivity (Wildman–Crippen MR) is 106 cm³/mol. The van der Waals surface area contributed by atoms with E-state index in [0.29, 0.717) is 17.2 Å². The molecule has 2 aromatic carbocycles. The molecule has 0 aromatic heterocycles. The summed E-state index contributed by atoms with van der Waals surface area (Å²) in [5.74, 6) is 1.22. The van der Waals surface area contributed by atoms with E-state index in [4.69, 9.17) is 0 Å². The molecule has 0 unspecified atom stereocenters. The lowest BCUT2D eigenvalue weighted by Crippen LogP contribution is -2.40. The van der Waals surface area contributed by atoms with Crippen LogP contribution in [0.25, 0.3) is 0 Å². The van der Waals surface area contributed by atoms with Crippen LogP contribution in [0.1, 0.15) is 18.4 Å². The number of sulfone groups is 1. The minimum absolute atomic E-state index is 0.00606. The fourth-order valence-electron chi connectivity index (χ4n) is 3.23. The van der Waals surface area contributed by atoms with E-state index in [9.17, 15) is 13.2 Å². The second-order valence-electron chi connectivity index (χ2n) is 6.46. The molecule has 0 radical (unpaired) electrons. The third kappa shape index (κ3) is 4.89. The normalized spacial score (nSPS) is 17.4. The van der Waals surface area contributed by atoms with E-state index in [2.05, 4.69) is 0 Å². The van der Waals surface area contributed by atoms with Crippen LogP contribution in [-0.2, 0) is 20.4 Å². The van der Waals surface area contributed by atoms with Crippen LogP contribution in [0.3, 0.4) is 0 Å². The molecule has 0 bridgehead atoms. The van der Waals surface area contributed by atoms with E-state index >= 15 is 0 Å². The highest BCUT2D eigenvalue weighted by atomic mass is 32.2.